The number of hydrogen-bond acceptors (Lipinski definition) is 4. The minimum Gasteiger partial charge on any atom is -0.375 e. The number of likely N-dealkylation sites (tertiary alicyclic amines) is 1. The van der Waals surface area contributed by atoms with E-state index in [1.807, 2.05) is 18.2 Å². The van der Waals surface area contributed by atoms with Gasteiger partial charge in [-0.2, -0.15) is 0 Å². The van der Waals surface area contributed by atoms with E-state index < -0.39 is 0 Å². The van der Waals surface area contributed by atoms with Crippen LogP contribution in [0.15, 0.2) is 35.3 Å². The van der Waals surface area contributed by atoms with Crippen molar-refractivity contribution in [3.63, 3.8) is 0 Å². The van der Waals surface area contributed by atoms with Crippen LogP contribution in [0.2, 0.25) is 0 Å². The van der Waals surface area contributed by atoms with Crippen LogP contribution in [0.25, 0.3) is 0 Å². The molecule has 8 heteroatoms. The lowest BCUT2D eigenvalue weighted by Gasteiger charge is -2.32. The highest BCUT2D eigenvalue weighted by atomic mass is 127. The fourth-order valence-electron chi connectivity index (χ4n) is 3.26. The third kappa shape index (κ3) is 11.1. The summed E-state index contributed by atoms with van der Waals surface area (Å²) < 4.78 is 5.71. The molecule has 0 unspecified atom stereocenters. The van der Waals surface area contributed by atoms with Gasteiger partial charge in [0.15, 0.2) is 5.96 Å². The number of halogens is 1. The summed E-state index contributed by atoms with van der Waals surface area (Å²) in [6, 6.07) is 10.6. The lowest BCUT2D eigenvalue weighted by Crippen LogP contribution is -2.50. The molecule has 1 aliphatic rings. The third-order valence-electron chi connectivity index (χ3n) is 4.83. The Balaban J connectivity index is 0.00000450. The van der Waals surface area contributed by atoms with Gasteiger partial charge in [0.1, 0.15) is 0 Å². The number of ether oxygens (including phenoxy) is 1. The molecule has 0 aliphatic carbocycles. The van der Waals surface area contributed by atoms with Crippen molar-refractivity contribution in [1.29, 1.82) is 0 Å². The van der Waals surface area contributed by atoms with Gasteiger partial charge in [0.2, 0.25) is 5.91 Å². The Kier molecular flexibility index (Phi) is 14.5. The van der Waals surface area contributed by atoms with Crippen molar-refractivity contribution in [1.82, 2.24) is 20.9 Å². The lowest BCUT2D eigenvalue weighted by atomic mass is 10.1. The number of nitrogens with zero attached hydrogens (tertiary/aromatic N) is 2. The van der Waals surface area contributed by atoms with Crippen LogP contribution < -0.4 is 16.0 Å². The Morgan fingerprint density at radius 1 is 1.17 bits per heavy atom. The zero-order valence-corrected chi connectivity index (χ0v) is 20.7. The first-order valence-electron chi connectivity index (χ1n) is 10.9. The molecular weight excluding hydrogens is 493 g/mol. The van der Waals surface area contributed by atoms with Crippen LogP contribution in [0.5, 0.6) is 0 Å². The Morgan fingerprint density at radius 2 is 1.90 bits per heavy atom. The van der Waals surface area contributed by atoms with Gasteiger partial charge < -0.3 is 20.7 Å². The molecule has 1 aromatic rings. The second-order valence-corrected chi connectivity index (χ2v) is 7.34. The number of amides is 1. The van der Waals surface area contributed by atoms with Crippen LogP contribution in [-0.2, 0) is 16.1 Å². The molecule has 170 valence electrons. The summed E-state index contributed by atoms with van der Waals surface area (Å²) in [5.74, 6) is 0.971. The Hall–Kier alpha value is -1.39. The molecule has 30 heavy (non-hydrogen) atoms. The van der Waals surface area contributed by atoms with Crippen LogP contribution in [0.4, 0.5) is 0 Å². The first-order chi connectivity index (χ1) is 14.2. The highest BCUT2D eigenvalue weighted by molar-refractivity contribution is 14.0. The van der Waals surface area contributed by atoms with E-state index in [9.17, 15) is 4.79 Å². The van der Waals surface area contributed by atoms with Crippen LogP contribution in [0.3, 0.4) is 0 Å². The van der Waals surface area contributed by atoms with E-state index >= 15 is 0 Å². The summed E-state index contributed by atoms with van der Waals surface area (Å²) in [5.41, 5.74) is 1.18. The molecule has 7 nitrogen and oxygen atoms in total. The van der Waals surface area contributed by atoms with Crippen LogP contribution in [0.1, 0.15) is 38.7 Å². The van der Waals surface area contributed by atoms with E-state index in [2.05, 4.69) is 51.8 Å². The standard InChI is InChI=1S/C22H37N5O2.HI/c1-3-12-24-21(28)17-27-14-10-20(11-15-27)26-22(23-4-2)25-13-16-29-18-19-8-6-5-7-9-19;/h5-9,20H,3-4,10-18H2,1-2H3,(H,24,28)(H2,23,25,26);1H. The van der Waals surface area contributed by atoms with Crippen molar-refractivity contribution in [2.24, 2.45) is 4.99 Å². The maximum atomic E-state index is 11.9. The van der Waals surface area contributed by atoms with E-state index in [1.54, 1.807) is 0 Å². The number of piperidine rings is 1. The SMILES string of the molecule is CCCNC(=O)CN1CCC(NC(=NCCOCc2ccccc2)NCC)CC1.I. The summed E-state index contributed by atoms with van der Waals surface area (Å²) in [6.07, 6.45) is 2.99. The average molecular weight is 531 g/mol. The number of carbonyl (C=O) groups is 1. The Bertz CT molecular complexity index is 607. The number of guanidine groups is 1. The predicted molar refractivity (Wildman–Crippen MR) is 133 cm³/mol. The first-order valence-corrected chi connectivity index (χ1v) is 10.9. The molecule has 2 rings (SSSR count). The third-order valence-corrected chi connectivity index (χ3v) is 4.83. The average Bonchev–Trinajstić information content (AvgIpc) is 2.74. The van der Waals surface area contributed by atoms with Gasteiger partial charge in [-0.3, -0.25) is 14.7 Å². The van der Waals surface area contributed by atoms with E-state index in [0.717, 1.165) is 51.4 Å². The molecule has 1 fully saturated rings. The van der Waals surface area contributed by atoms with Crippen LogP contribution in [-0.4, -0.2) is 68.7 Å². The Labute approximate surface area is 198 Å². The molecule has 0 atom stereocenters. The molecule has 0 spiro atoms. The van der Waals surface area contributed by atoms with Gasteiger partial charge in [0.05, 0.1) is 26.3 Å². The molecule has 1 saturated heterocycles. The fraction of sp³-hybridized carbons (Fsp3) is 0.636. The van der Waals surface area contributed by atoms with Gasteiger partial charge >= 0.3 is 0 Å². The largest absolute Gasteiger partial charge is 0.375 e. The maximum absolute atomic E-state index is 11.9. The topological polar surface area (TPSA) is 78.0 Å². The van der Waals surface area contributed by atoms with E-state index in [1.165, 1.54) is 5.56 Å². The molecule has 0 aromatic heterocycles. The van der Waals surface area contributed by atoms with Crippen molar-refractivity contribution < 1.29 is 9.53 Å². The van der Waals surface area contributed by atoms with Gasteiger partial charge in [-0.15, -0.1) is 24.0 Å². The van der Waals surface area contributed by atoms with E-state index in [-0.39, 0.29) is 29.9 Å². The summed E-state index contributed by atoms with van der Waals surface area (Å²) in [7, 11) is 0. The van der Waals surface area contributed by atoms with Crippen molar-refractivity contribution in [2.75, 3.05) is 45.9 Å². The van der Waals surface area contributed by atoms with Crippen molar-refractivity contribution >= 4 is 35.8 Å². The number of nitrogens with one attached hydrogen (secondary N) is 3. The predicted octanol–water partition coefficient (Wildman–Crippen LogP) is 2.37. The number of hydrogen-bond donors (Lipinski definition) is 3. The zero-order chi connectivity index (χ0) is 20.7. The molecule has 3 N–H and O–H groups in total. The second kappa shape index (κ2) is 16.3. The van der Waals surface area contributed by atoms with Crippen molar-refractivity contribution in [3.05, 3.63) is 35.9 Å². The summed E-state index contributed by atoms with van der Waals surface area (Å²) in [5, 5.41) is 9.79. The number of carbonyl (C=O) groups excluding carboxylic acids is 1. The van der Waals surface area contributed by atoms with Gasteiger partial charge in [0, 0.05) is 32.2 Å². The minimum absolute atomic E-state index is 0. The molecule has 1 heterocycles. The van der Waals surface area contributed by atoms with Crippen molar-refractivity contribution in [3.8, 4) is 0 Å². The van der Waals surface area contributed by atoms with Gasteiger partial charge in [-0.05, 0) is 31.7 Å². The molecule has 0 radical (unpaired) electrons. The highest BCUT2D eigenvalue weighted by Crippen LogP contribution is 2.10. The Morgan fingerprint density at radius 3 is 2.57 bits per heavy atom. The number of aliphatic imine (C=N–C) groups is 1. The molecule has 0 bridgehead atoms. The van der Waals surface area contributed by atoms with Gasteiger partial charge in [0.25, 0.3) is 0 Å². The molecular formula is C22H38IN5O2. The molecule has 1 aliphatic heterocycles. The quantitative estimate of drug-likeness (QED) is 0.177. The number of benzene rings is 1. The van der Waals surface area contributed by atoms with Gasteiger partial charge in [-0.25, -0.2) is 0 Å². The molecule has 1 amide bonds. The number of rotatable bonds is 11. The van der Waals surface area contributed by atoms with E-state index in [4.69, 9.17) is 4.74 Å². The van der Waals surface area contributed by atoms with E-state index in [0.29, 0.717) is 32.3 Å². The smallest absolute Gasteiger partial charge is 0.234 e. The first kappa shape index (κ1) is 26.6. The lowest BCUT2D eigenvalue weighted by molar-refractivity contribution is -0.122. The fourth-order valence-corrected chi connectivity index (χ4v) is 3.26. The van der Waals surface area contributed by atoms with Gasteiger partial charge in [-0.1, -0.05) is 37.3 Å². The second-order valence-electron chi connectivity index (χ2n) is 7.34. The normalized spacial score (nSPS) is 15.3. The zero-order valence-electron chi connectivity index (χ0n) is 18.4. The minimum atomic E-state index is 0. The monoisotopic (exact) mass is 531 g/mol. The summed E-state index contributed by atoms with van der Waals surface area (Å²) in [4.78, 5) is 18.7. The maximum Gasteiger partial charge on any atom is 0.234 e. The van der Waals surface area contributed by atoms with Crippen LogP contribution in [0, 0.1) is 0 Å². The highest BCUT2D eigenvalue weighted by Gasteiger charge is 2.21. The molecule has 1 aromatic carbocycles. The van der Waals surface area contributed by atoms with Crippen LogP contribution >= 0.6 is 24.0 Å². The summed E-state index contributed by atoms with van der Waals surface area (Å²) in [6.45, 7) is 9.91. The van der Waals surface area contributed by atoms with Crippen molar-refractivity contribution in [2.45, 2.75) is 45.8 Å². The molecule has 0 saturated carbocycles. The summed E-state index contributed by atoms with van der Waals surface area (Å²) >= 11 is 0.